The van der Waals surface area contributed by atoms with E-state index in [1.165, 1.54) is 18.7 Å². The molecule has 0 radical (unpaired) electrons. The Labute approximate surface area is 182 Å². The molecule has 2 saturated heterocycles. The fourth-order valence-corrected chi connectivity index (χ4v) is 3.84. The minimum atomic E-state index is -0.791. The summed E-state index contributed by atoms with van der Waals surface area (Å²) in [6.45, 7) is 8.25. The minimum Gasteiger partial charge on any atom is -0.457 e. The van der Waals surface area contributed by atoms with E-state index in [4.69, 9.17) is 18.9 Å². The Morgan fingerprint density at radius 2 is 1.81 bits per heavy atom. The number of ether oxygens (including phenoxy) is 4. The van der Waals surface area contributed by atoms with Gasteiger partial charge in [-0.1, -0.05) is 30.3 Å². The Morgan fingerprint density at radius 1 is 1.13 bits per heavy atom. The molecule has 3 rings (SSSR count). The second-order valence-corrected chi connectivity index (χ2v) is 8.76. The maximum absolute atomic E-state index is 13.0. The van der Waals surface area contributed by atoms with Crippen LogP contribution in [0.15, 0.2) is 30.3 Å². The van der Waals surface area contributed by atoms with Gasteiger partial charge in [0.2, 0.25) is 5.91 Å². The second kappa shape index (κ2) is 9.23. The molecule has 0 aromatic heterocycles. The van der Waals surface area contributed by atoms with Crippen molar-refractivity contribution in [3.05, 3.63) is 35.9 Å². The van der Waals surface area contributed by atoms with Crippen LogP contribution >= 0.6 is 0 Å². The highest BCUT2D eigenvalue weighted by atomic mass is 16.7. The van der Waals surface area contributed by atoms with Gasteiger partial charge >= 0.3 is 12.1 Å². The summed E-state index contributed by atoms with van der Waals surface area (Å²) < 4.78 is 23.3. The number of benzene rings is 1. The first-order valence-corrected chi connectivity index (χ1v) is 10.3. The first kappa shape index (κ1) is 23.0. The summed E-state index contributed by atoms with van der Waals surface area (Å²) >= 11 is 0. The highest BCUT2D eigenvalue weighted by Crippen LogP contribution is 2.35. The van der Waals surface area contributed by atoms with Crippen LogP contribution in [0.3, 0.4) is 0 Å². The molecule has 1 N–H and O–H groups in total. The van der Waals surface area contributed by atoms with Gasteiger partial charge in [-0.15, -0.1) is 0 Å². The molecule has 0 spiro atoms. The molecule has 9 nitrogen and oxygen atoms in total. The van der Waals surface area contributed by atoms with Crippen molar-refractivity contribution in [2.75, 3.05) is 13.2 Å². The van der Waals surface area contributed by atoms with Gasteiger partial charge in [0, 0.05) is 26.0 Å². The highest BCUT2D eigenvalue weighted by Gasteiger charge is 2.52. The average molecular weight is 434 g/mol. The molecule has 0 saturated carbocycles. The van der Waals surface area contributed by atoms with Gasteiger partial charge in [0.25, 0.3) is 0 Å². The van der Waals surface area contributed by atoms with Gasteiger partial charge in [-0.3, -0.25) is 14.5 Å². The third kappa shape index (κ3) is 5.74. The van der Waals surface area contributed by atoms with Gasteiger partial charge in [-0.25, -0.2) is 4.79 Å². The first-order valence-electron chi connectivity index (χ1n) is 10.3. The lowest BCUT2D eigenvalue weighted by molar-refractivity contribution is -0.277. The second-order valence-electron chi connectivity index (χ2n) is 8.76. The molecule has 0 unspecified atom stereocenters. The van der Waals surface area contributed by atoms with Crippen LogP contribution in [0.5, 0.6) is 0 Å². The number of esters is 1. The Bertz CT molecular complexity index is 808. The van der Waals surface area contributed by atoms with Crippen LogP contribution in [-0.4, -0.2) is 65.9 Å². The van der Waals surface area contributed by atoms with E-state index in [9.17, 15) is 14.4 Å². The lowest BCUT2D eigenvalue weighted by Gasteiger charge is -2.51. The number of hydrogen-bond acceptors (Lipinski definition) is 7. The molecular weight excluding hydrogens is 404 g/mol. The molecule has 170 valence electrons. The van der Waals surface area contributed by atoms with Crippen molar-refractivity contribution in [2.45, 2.75) is 70.8 Å². The third-order valence-electron chi connectivity index (χ3n) is 4.98. The normalized spacial score (nSPS) is 28.3. The highest BCUT2D eigenvalue weighted by molar-refractivity contribution is 5.74. The van der Waals surface area contributed by atoms with Crippen molar-refractivity contribution in [1.29, 1.82) is 0 Å². The molecule has 0 bridgehead atoms. The monoisotopic (exact) mass is 434 g/mol. The molecular formula is C22H30N2O7. The smallest absolute Gasteiger partial charge is 0.410 e. The number of carbonyl (C=O) groups is 3. The van der Waals surface area contributed by atoms with E-state index in [0.717, 1.165) is 5.56 Å². The largest absolute Gasteiger partial charge is 0.457 e. The minimum absolute atomic E-state index is 0.0936. The predicted molar refractivity (Wildman–Crippen MR) is 110 cm³/mol. The summed E-state index contributed by atoms with van der Waals surface area (Å²) in [6, 6.07) is 8.14. The van der Waals surface area contributed by atoms with Gasteiger partial charge in [0.1, 0.15) is 11.7 Å². The van der Waals surface area contributed by atoms with Crippen LogP contribution in [0.25, 0.3) is 0 Å². The molecule has 5 atom stereocenters. The summed E-state index contributed by atoms with van der Waals surface area (Å²) in [4.78, 5) is 38.1. The van der Waals surface area contributed by atoms with Crippen LogP contribution in [-0.2, 0) is 28.5 Å². The summed E-state index contributed by atoms with van der Waals surface area (Å²) in [5.74, 6) is -0.812. The van der Waals surface area contributed by atoms with E-state index in [1.807, 2.05) is 30.3 Å². The fraction of sp³-hybridized carbons (Fsp3) is 0.591. The van der Waals surface area contributed by atoms with E-state index < -0.39 is 48.2 Å². The zero-order chi connectivity index (χ0) is 22.8. The SMILES string of the molecule is CC(=O)N[C@@H]1CN(C(=O)OC(C)(C)C)[C@@H]2CO[C@@H](c3ccccc3)O[C@@H]2[C@H]1OC(C)=O. The van der Waals surface area contributed by atoms with Crippen LogP contribution in [0.2, 0.25) is 0 Å². The van der Waals surface area contributed by atoms with E-state index in [1.54, 1.807) is 20.8 Å². The number of hydrogen-bond donors (Lipinski definition) is 1. The van der Waals surface area contributed by atoms with Crippen molar-refractivity contribution in [3.8, 4) is 0 Å². The van der Waals surface area contributed by atoms with Gasteiger partial charge in [-0.2, -0.15) is 0 Å². The molecule has 0 aliphatic carbocycles. The fourth-order valence-electron chi connectivity index (χ4n) is 3.84. The van der Waals surface area contributed by atoms with E-state index >= 15 is 0 Å². The van der Waals surface area contributed by atoms with E-state index in [-0.39, 0.29) is 19.1 Å². The molecule has 2 heterocycles. The van der Waals surface area contributed by atoms with E-state index in [0.29, 0.717) is 0 Å². The summed E-state index contributed by atoms with van der Waals surface area (Å²) in [5.41, 5.74) is 0.0965. The Hall–Kier alpha value is -2.65. The maximum atomic E-state index is 13.0. The lowest BCUT2D eigenvalue weighted by Crippen LogP contribution is -2.70. The molecule has 2 amide bonds. The summed E-state index contributed by atoms with van der Waals surface area (Å²) in [5, 5.41) is 2.79. The number of nitrogens with one attached hydrogen (secondary N) is 1. The van der Waals surface area contributed by atoms with Crippen molar-refractivity contribution >= 4 is 18.0 Å². The molecule has 2 aliphatic rings. The summed E-state index contributed by atoms with van der Waals surface area (Å²) in [6.07, 6.45) is -2.76. The van der Waals surface area contributed by atoms with Gasteiger partial charge in [0.05, 0.1) is 18.7 Å². The standard InChI is InChI=1S/C22H30N2O7/c1-13(25)23-16-11-24(21(27)31-22(3,4)5)17-12-28-20(15-9-7-6-8-10-15)30-19(17)18(16)29-14(2)26/h6-10,16-20H,11-12H2,1-5H3,(H,23,25)/t16-,17-,18+,19+,20-/m1/s1. The van der Waals surface area contributed by atoms with Crippen LogP contribution in [0.4, 0.5) is 4.79 Å². The lowest BCUT2D eigenvalue weighted by atomic mass is 9.91. The number of rotatable bonds is 3. The predicted octanol–water partition coefficient (Wildman–Crippen LogP) is 2.16. The topological polar surface area (TPSA) is 103 Å². The number of carbonyl (C=O) groups excluding carboxylic acids is 3. The van der Waals surface area contributed by atoms with Gasteiger partial charge in [0.15, 0.2) is 12.4 Å². The van der Waals surface area contributed by atoms with Crippen LogP contribution in [0, 0.1) is 0 Å². The van der Waals surface area contributed by atoms with Crippen LogP contribution in [0.1, 0.15) is 46.5 Å². The number of nitrogens with zero attached hydrogens (tertiary/aromatic N) is 1. The van der Waals surface area contributed by atoms with Gasteiger partial charge < -0.3 is 24.3 Å². The number of likely N-dealkylation sites (tertiary alicyclic amines) is 1. The quantitative estimate of drug-likeness (QED) is 0.727. The molecule has 1 aromatic carbocycles. The Balaban J connectivity index is 1.93. The number of amides is 2. The third-order valence-corrected chi connectivity index (χ3v) is 4.98. The van der Waals surface area contributed by atoms with Crippen molar-refractivity contribution in [2.24, 2.45) is 0 Å². The Kier molecular flexibility index (Phi) is 6.86. The molecule has 9 heteroatoms. The number of piperidine rings is 1. The maximum Gasteiger partial charge on any atom is 0.410 e. The molecule has 2 aliphatic heterocycles. The van der Waals surface area contributed by atoms with Crippen molar-refractivity contribution in [3.63, 3.8) is 0 Å². The molecule has 1 aromatic rings. The zero-order valence-electron chi connectivity index (χ0n) is 18.5. The number of fused-ring (bicyclic) bond motifs is 1. The van der Waals surface area contributed by atoms with Crippen molar-refractivity contribution in [1.82, 2.24) is 10.2 Å². The molecule has 2 fully saturated rings. The van der Waals surface area contributed by atoms with Gasteiger partial charge in [-0.05, 0) is 20.8 Å². The Morgan fingerprint density at radius 3 is 2.39 bits per heavy atom. The van der Waals surface area contributed by atoms with E-state index in [2.05, 4.69) is 5.32 Å². The first-order chi connectivity index (χ1) is 14.5. The van der Waals surface area contributed by atoms with Crippen LogP contribution < -0.4 is 5.32 Å². The average Bonchev–Trinajstić information content (AvgIpc) is 2.67. The zero-order valence-corrected chi connectivity index (χ0v) is 18.5. The van der Waals surface area contributed by atoms with Crippen molar-refractivity contribution < 1.29 is 33.3 Å². The summed E-state index contributed by atoms with van der Waals surface area (Å²) in [7, 11) is 0. The molecule has 31 heavy (non-hydrogen) atoms.